The van der Waals surface area contributed by atoms with Gasteiger partial charge in [-0.25, -0.2) is 14.3 Å². The van der Waals surface area contributed by atoms with Crippen molar-refractivity contribution in [3.63, 3.8) is 0 Å². The number of carbonyl (C=O) groups excluding carboxylic acids is 2. The van der Waals surface area contributed by atoms with E-state index in [4.69, 9.17) is 22.1 Å². The predicted octanol–water partition coefficient (Wildman–Crippen LogP) is 4.12. The molecule has 0 radical (unpaired) electrons. The van der Waals surface area contributed by atoms with E-state index in [1.165, 1.54) is 28.5 Å². The van der Waals surface area contributed by atoms with E-state index in [1.807, 2.05) is 30.3 Å². The lowest BCUT2D eigenvalue weighted by Gasteiger charge is -2.51. The number of aromatic amines is 1. The number of anilines is 1. The molecule has 0 saturated carbocycles. The van der Waals surface area contributed by atoms with Gasteiger partial charge in [0.05, 0.1) is 22.3 Å². The molecule has 2 aromatic carbocycles. The van der Waals surface area contributed by atoms with Crippen LogP contribution in [0.2, 0.25) is 5.02 Å². The lowest BCUT2D eigenvalue weighted by molar-refractivity contribution is -0.143. The van der Waals surface area contributed by atoms with E-state index < -0.39 is 35.5 Å². The van der Waals surface area contributed by atoms with Gasteiger partial charge in [0.15, 0.2) is 11.9 Å². The highest BCUT2D eigenvalue weighted by Gasteiger charge is 2.41. The van der Waals surface area contributed by atoms with E-state index in [2.05, 4.69) is 19.9 Å². The molecule has 5 saturated heterocycles. The first-order valence-electron chi connectivity index (χ1n) is 17.5. The maximum absolute atomic E-state index is 14.0. The molecule has 6 heterocycles. The Morgan fingerprint density at radius 1 is 0.961 bits per heavy atom. The summed E-state index contributed by atoms with van der Waals surface area (Å²) in [5.41, 5.74) is 4.44. The van der Waals surface area contributed by atoms with Gasteiger partial charge in [-0.1, -0.05) is 41.9 Å². The average Bonchev–Trinajstić information content (AvgIpc) is 3.54. The van der Waals surface area contributed by atoms with Crippen LogP contribution in [0.4, 0.5) is 23.7 Å². The third kappa shape index (κ3) is 7.61. The van der Waals surface area contributed by atoms with Gasteiger partial charge < -0.3 is 25.2 Å². The van der Waals surface area contributed by atoms with Crippen LogP contribution in [0.25, 0.3) is 11.4 Å². The normalized spacial score (nSPS) is 23.7. The first kappa shape index (κ1) is 35.3. The van der Waals surface area contributed by atoms with E-state index >= 15 is 0 Å². The van der Waals surface area contributed by atoms with Crippen LogP contribution in [0.3, 0.4) is 0 Å². The Hall–Kier alpha value is -4.08. The predicted molar refractivity (Wildman–Crippen MR) is 184 cm³/mol. The summed E-state index contributed by atoms with van der Waals surface area (Å²) in [6.07, 6.45) is -4.04. The molecule has 5 aliphatic heterocycles. The summed E-state index contributed by atoms with van der Waals surface area (Å²) >= 11 is 6.12. The molecular weight excluding hydrogens is 689 g/mol. The Bertz CT molecular complexity index is 1780. The van der Waals surface area contributed by atoms with Crippen molar-refractivity contribution in [2.75, 3.05) is 64.6 Å². The van der Waals surface area contributed by atoms with Crippen molar-refractivity contribution >= 4 is 29.3 Å². The highest BCUT2D eigenvalue weighted by Crippen LogP contribution is 2.38. The molecule has 3 aromatic rings. The average molecular weight is 731 g/mol. The van der Waals surface area contributed by atoms with Crippen LogP contribution in [-0.4, -0.2) is 117 Å². The third-order valence-corrected chi connectivity index (χ3v) is 11.2. The number of hydrogen-bond acceptors (Lipinski definition) is 8. The number of aromatic nitrogens is 3. The van der Waals surface area contributed by atoms with E-state index in [-0.39, 0.29) is 41.8 Å². The second-order valence-electron chi connectivity index (χ2n) is 14.0. The Morgan fingerprint density at radius 2 is 1.65 bits per heavy atom. The molecule has 12 nitrogen and oxygen atoms in total. The molecule has 8 rings (SSSR count). The summed E-state index contributed by atoms with van der Waals surface area (Å²) in [6.45, 7) is 5.92. The molecule has 5 aliphatic rings. The fourth-order valence-corrected chi connectivity index (χ4v) is 8.29. The maximum Gasteiger partial charge on any atom is 0.418 e. The second kappa shape index (κ2) is 14.5. The number of benzene rings is 2. The minimum atomic E-state index is -4.77. The molecule has 2 bridgehead atoms. The Balaban J connectivity index is 1.04. The quantitative estimate of drug-likeness (QED) is 0.347. The number of piperazine rings is 1. The van der Waals surface area contributed by atoms with Gasteiger partial charge >= 0.3 is 18.0 Å². The van der Waals surface area contributed by atoms with Crippen LogP contribution in [-0.2, 0) is 22.1 Å². The van der Waals surface area contributed by atoms with E-state index in [0.29, 0.717) is 56.8 Å². The highest BCUT2D eigenvalue weighted by molar-refractivity contribution is 6.33. The molecule has 1 unspecified atom stereocenters. The molecule has 2 atom stereocenters. The summed E-state index contributed by atoms with van der Waals surface area (Å²) in [5.74, 6) is 0.625. The Kier molecular flexibility index (Phi) is 10.0. The van der Waals surface area contributed by atoms with Crippen LogP contribution < -0.4 is 11.4 Å². The molecule has 0 spiro atoms. The number of piperidine rings is 4. The monoisotopic (exact) mass is 730 g/mol. The summed E-state index contributed by atoms with van der Waals surface area (Å²) in [7, 11) is 0. The number of nitrogens with zero attached hydrogens (tertiary/aromatic N) is 6. The Morgan fingerprint density at radius 3 is 2.27 bits per heavy atom. The zero-order valence-corrected chi connectivity index (χ0v) is 28.9. The molecule has 3 N–H and O–H groups in total. The SMILES string of the molecule is Nc1c(Cl)cc(C[C@@H](OC(=O)N2CCC(n3nc(-c4ccccc4)[nH]c3=O)CC2)C(=O)N2CCN(C3CN4CCC3CC4)CC2)cc1C(F)(F)F. The van der Waals surface area contributed by atoms with Gasteiger partial charge in [-0.05, 0) is 62.4 Å². The molecule has 51 heavy (non-hydrogen) atoms. The number of fused-ring (bicyclic) bond motifs is 3. The Labute approximate surface area is 298 Å². The second-order valence-corrected chi connectivity index (χ2v) is 14.4. The minimum Gasteiger partial charge on any atom is -0.436 e. The molecule has 2 amide bonds. The number of carbonyl (C=O) groups is 2. The number of nitrogens with two attached hydrogens (primary N) is 1. The molecule has 0 aliphatic carbocycles. The zero-order chi connectivity index (χ0) is 35.9. The molecule has 16 heteroatoms. The van der Waals surface area contributed by atoms with Crippen molar-refractivity contribution in [3.8, 4) is 11.4 Å². The molecule has 5 fully saturated rings. The van der Waals surface area contributed by atoms with Crippen molar-refractivity contribution in [2.45, 2.75) is 56.5 Å². The first-order valence-corrected chi connectivity index (χ1v) is 17.9. The summed E-state index contributed by atoms with van der Waals surface area (Å²) < 4.78 is 48.7. The van der Waals surface area contributed by atoms with Crippen LogP contribution in [0, 0.1) is 5.92 Å². The minimum absolute atomic E-state index is 0.0735. The smallest absolute Gasteiger partial charge is 0.418 e. The topological polar surface area (TPSA) is 133 Å². The molecule has 274 valence electrons. The van der Waals surface area contributed by atoms with Crippen molar-refractivity contribution in [3.05, 3.63) is 69.1 Å². The number of nitrogens with one attached hydrogen (secondary N) is 1. The lowest BCUT2D eigenvalue weighted by atomic mass is 9.83. The van der Waals surface area contributed by atoms with Crippen molar-refractivity contribution in [1.82, 2.24) is 34.4 Å². The summed E-state index contributed by atoms with van der Waals surface area (Å²) in [4.78, 5) is 51.2. The fourth-order valence-electron chi connectivity index (χ4n) is 8.04. The van der Waals surface area contributed by atoms with Crippen LogP contribution >= 0.6 is 11.6 Å². The van der Waals surface area contributed by atoms with Crippen LogP contribution in [0.5, 0.6) is 0 Å². The molecular formula is C35H42ClF3N8O4. The van der Waals surface area contributed by atoms with Gasteiger partial charge in [-0.3, -0.25) is 14.7 Å². The van der Waals surface area contributed by atoms with Crippen molar-refractivity contribution < 1.29 is 27.5 Å². The summed E-state index contributed by atoms with van der Waals surface area (Å²) in [6, 6.07) is 11.6. The number of nitrogen functional groups attached to an aromatic ring is 1. The molecule has 1 aromatic heterocycles. The number of halogens is 4. The lowest BCUT2D eigenvalue weighted by Crippen LogP contribution is -2.62. The van der Waals surface area contributed by atoms with E-state index in [0.717, 1.165) is 31.3 Å². The van der Waals surface area contributed by atoms with E-state index in [9.17, 15) is 27.6 Å². The number of ether oxygens (including phenoxy) is 1. The van der Waals surface area contributed by atoms with Gasteiger partial charge in [0, 0.05) is 63.8 Å². The first-order chi connectivity index (χ1) is 24.4. The fraction of sp³-hybridized carbons (Fsp3) is 0.543. The number of H-pyrrole nitrogens is 1. The van der Waals surface area contributed by atoms with Crippen LogP contribution in [0.1, 0.15) is 42.9 Å². The van der Waals surface area contributed by atoms with E-state index in [1.54, 1.807) is 4.90 Å². The zero-order valence-electron chi connectivity index (χ0n) is 28.2. The maximum atomic E-state index is 14.0. The highest BCUT2D eigenvalue weighted by atomic mass is 35.5. The van der Waals surface area contributed by atoms with Gasteiger partial charge in [0.1, 0.15) is 0 Å². The van der Waals surface area contributed by atoms with Crippen molar-refractivity contribution in [1.29, 1.82) is 0 Å². The summed E-state index contributed by atoms with van der Waals surface area (Å²) in [5, 5.41) is 4.19. The van der Waals surface area contributed by atoms with Gasteiger partial charge in [-0.2, -0.15) is 13.2 Å². The number of rotatable bonds is 7. The van der Waals surface area contributed by atoms with Gasteiger partial charge in [0.2, 0.25) is 0 Å². The van der Waals surface area contributed by atoms with Crippen LogP contribution in [0.15, 0.2) is 47.3 Å². The largest absolute Gasteiger partial charge is 0.436 e. The third-order valence-electron chi connectivity index (χ3n) is 10.9. The van der Waals surface area contributed by atoms with Gasteiger partial charge in [0.25, 0.3) is 5.91 Å². The number of amides is 2. The van der Waals surface area contributed by atoms with Gasteiger partial charge in [-0.15, -0.1) is 5.10 Å². The standard InChI is InChI=1S/C35H42ClF3N8O4/c36-27-19-22(18-26(30(27)40)35(37,38)39)20-29(32(48)45-16-14-44(15-17-45)28-21-43-10-6-23(28)7-11-43)51-34(50)46-12-8-25(9-13-46)47-33(49)41-31(42-47)24-4-2-1-3-5-24/h1-5,18-19,23,25,28-29H,6-17,20-21,40H2,(H,41,42,49)/t28?,29-/m1/s1. The number of alkyl halides is 3. The van der Waals surface area contributed by atoms with Crippen molar-refractivity contribution in [2.24, 2.45) is 5.92 Å². The number of hydrogen-bond donors (Lipinski definition) is 2. The number of likely N-dealkylation sites (tertiary alicyclic amines) is 1.